The average Bonchev–Trinajstić information content (AvgIpc) is 3.30. The highest BCUT2D eigenvalue weighted by Gasteiger charge is 2.19. The van der Waals surface area contributed by atoms with Gasteiger partial charge < -0.3 is 14.2 Å². The number of nitrogens with one attached hydrogen (secondary N) is 1. The first-order chi connectivity index (χ1) is 14.2. The van der Waals surface area contributed by atoms with Gasteiger partial charge in [-0.25, -0.2) is 14.5 Å². The van der Waals surface area contributed by atoms with Crippen LogP contribution in [0.1, 0.15) is 17.7 Å². The second-order valence-electron chi connectivity index (χ2n) is 7.84. The van der Waals surface area contributed by atoms with Crippen molar-refractivity contribution in [3.8, 4) is 11.4 Å². The molecule has 5 rings (SSSR count). The van der Waals surface area contributed by atoms with Gasteiger partial charge in [0, 0.05) is 24.2 Å². The van der Waals surface area contributed by atoms with Crippen LogP contribution in [0.15, 0.2) is 36.7 Å². The predicted molar refractivity (Wildman–Crippen MR) is 112 cm³/mol. The normalized spacial score (nSPS) is 15.5. The molecule has 1 aliphatic heterocycles. The minimum Gasteiger partial charge on any atom is -0.370 e. The Hall–Kier alpha value is -2.77. The zero-order valence-corrected chi connectivity index (χ0v) is 17.1. The summed E-state index contributed by atoms with van der Waals surface area (Å²) in [5.41, 5.74) is 5.42. The molecule has 7 nitrogen and oxygen atoms in total. The fourth-order valence-corrected chi connectivity index (χ4v) is 4.31. The topological polar surface area (TPSA) is 61.7 Å². The Morgan fingerprint density at radius 2 is 1.86 bits per heavy atom. The van der Waals surface area contributed by atoms with Gasteiger partial charge in [-0.05, 0) is 19.4 Å². The molecule has 1 N–H and O–H groups in total. The fourth-order valence-electron chi connectivity index (χ4n) is 4.31. The largest absolute Gasteiger partial charge is 0.370 e. The third-order valence-electron chi connectivity index (χ3n) is 6.09. The number of fused-ring (bicyclic) bond motifs is 3. The number of hydrogen-bond acceptors (Lipinski definition) is 4. The maximum atomic E-state index is 5.47. The molecule has 0 radical (unpaired) electrons. The second kappa shape index (κ2) is 7.57. The zero-order valence-electron chi connectivity index (χ0n) is 17.1. The molecule has 150 valence electrons. The fraction of sp³-hybridized carbons (Fsp3) is 0.409. The van der Waals surface area contributed by atoms with Crippen molar-refractivity contribution in [2.45, 2.75) is 26.8 Å². The average molecular weight is 391 g/mol. The monoisotopic (exact) mass is 391 g/mol. The molecule has 3 aromatic heterocycles. The van der Waals surface area contributed by atoms with E-state index in [1.165, 1.54) is 17.8 Å². The van der Waals surface area contributed by atoms with E-state index in [0.29, 0.717) is 0 Å². The van der Waals surface area contributed by atoms with E-state index in [1.807, 2.05) is 30.3 Å². The number of ether oxygens (including phenoxy) is 1. The van der Waals surface area contributed by atoms with E-state index in [1.54, 1.807) is 15.7 Å². The van der Waals surface area contributed by atoms with Crippen LogP contribution in [-0.2, 0) is 11.3 Å². The number of nitrogens with zero attached hydrogens (tertiary/aromatic N) is 5. The molecule has 1 saturated heterocycles. The lowest BCUT2D eigenvalue weighted by Crippen LogP contribution is -3.14. The van der Waals surface area contributed by atoms with E-state index in [9.17, 15) is 0 Å². The number of benzene rings is 1. The third kappa shape index (κ3) is 3.30. The summed E-state index contributed by atoms with van der Waals surface area (Å²) in [5, 5.41) is 5.76. The van der Waals surface area contributed by atoms with Gasteiger partial charge in [-0.2, -0.15) is 0 Å². The summed E-state index contributed by atoms with van der Waals surface area (Å²) in [6.07, 6.45) is 2.92. The van der Waals surface area contributed by atoms with Crippen LogP contribution in [-0.4, -0.2) is 57.0 Å². The van der Waals surface area contributed by atoms with Crippen molar-refractivity contribution in [2.75, 3.05) is 32.8 Å². The van der Waals surface area contributed by atoms with Crippen molar-refractivity contribution < 1.29 is 9.64 Å². The molecule has 4 aromatic rings. The molecular formula is C22H27N6O+. The van der Waals surface area contributed by atoms with E-state index in [-0.39, 0.29) is 0 Å². The van der Waals surface area contributed by atoms with Crippen molar-refractivity contribution in [3.63, 3.8) is 0 Å². The van der Waals surface area contributed by atoms with Gasteiger partial charge in [0.15, 0.2) is 11.5 Å². The molecular weight excluding hydrogens is 364 g/mol. The highest BCUT2D eigenvalue weighted by Crippen LogP contribution is 2.28. The van der Waals surface area contributed by atoms with Gasteiger partial charge in [0.1, 0.15) is 25.1 Å². The SMILES string of the molecule is Cc1c(C)n(CCC[NH+]2CCOCC2)c2ncn3nc(-c4ccccc4)nc3c12. The number of morpholine rings is 1. The van der Waals surface area contributed by atoms with Gasteiger partial charge in [-0.1, -0.05) is 30.3 Å². The summed E-state index contributed by atoms with van der Waals surface area (Å²) < 4.78 is 9.62. The summed E-state index contributed by atoms with van der Waals surface area (Å²) in [6.45, 7) is 10.5. The van der Waals surface area contributed by atoms with E-state index in [4.69, 9.17) is 14.7 Å². The van der Waals surface area contributed by atoms with Crippen molar-refractivity contribution in [1.29, 1.82) is 0 Å². The molecule has 0 bridgehead atoms. The van der Waals surface area contributed by atoms with Gasteiger partial charge in [0.05, 0.1) is 25.1 Å². The Labute approximate surface area is 169 Å². The Kier molecular flexibility index (Phi) is 4.77. The molecule has 4 heterocycles. The van der Waals surface area contributed by atoms with Crippen LogP contribution >= 0.6 is 0 Å². The van der Waals surface area contributed by atoms with E-state index in [0.717, 1.165) is 67.3 Å². The predicted octanol–water partition coefficient (Wildman–Crippen LogP) is 1.67. The summed E-state index contributed by atoms with van der Waals surface area (Å²) in [5.74, 6) is 0.737. The standard InChI is InChI=1S/C22H26N6O/c1-16-17(2)27(10-6-9-26-11-13-29-14-12-26)21-19(16)22-24-20(25-28(22)15-23-21)18-7-4-3-5-8-18/h3-5,7-8,15H,6,9-14H2,1-2H3/p+1. The van der Waals surface area contributed by atoms with E-state index < -0.39 is 0 Å². The minimum atomic E-state index is 0.737. The maximum Gasteiger partial charge on any atom is 0.182 e. The molecule has 1 aliphatic rings. The molecule has 0 atom stereocenters. The Morgan fingerprint density at radius 1 is 1.07 bits per heavy atom. The third-order valence-corrected chi connectivity index (χ3v) is 6.09. The lowest BCUT2D eigenvalue weighted by molar-refractivity contribution is -0.908. The molecule has 0 unspecified atom stereocenters. The molecule has 7 heteroatoms. The lowest BCUT2D eigenvalue weighted by Gasteiger charge is -2.23. The highest BCUT2D eigenvalue weighted by molar-refractivity contribution is 5.94. The number of quaternary nitrogens is 1. The first kappa shape index (κ1) is 18.3. The van der Waals surface area contributed by atoms with Gasteiger partial charge in [-0.15, -0.1) is 5.10 Å². The quantitative estimate of drug-likeness (QED) is 0.562. The number of hydrogen-bond donors (Lipinski definition) is 1. The Bertz CT molecular complexity index is 1140. The molecule has 1 fully saturated rings. The molecule has 0 amide bonds. The molecule has 29 heavy (non-hydrogen) atoms. The van der Waals surface area contributed by atoms with Crippen molar-refractivity contribution in [2.24, 2.45) is 0 Å². The first-order valence-corrected chi connectivity index (χ1v) is 10.4. The van der Waals surface area contributed by atoms with Crippen molar-refractivity contribution in [1.82, 2.24) is 24.1 Å². The van der Waals surface area contributed by atoms with Crippen molar-refractivity contribution in [3.05, 3.63) is 47.9 Å². The van der Waals surface area contributed by atoms with Gasteiger partial charge in [-0.3, -0.25) is 0 Å². The van der Waals surface area contributed by atoms with Crippen LogP contribution in [0.4, 0.5) is 0 Å². The van der Waals surface area contributed by atoms with Crippen LogP contribution in [0, 0.1) is 13.8 Å². The van der Waals surface area contributed by atoms with Crippen LogP contribution in [0.2, 0.25) is 0 Å². The lowest BCUT2D eigenvalue weighted by atomic mass is 10.2. The highest BCUT2D eigenvalue weighted by atomic mass is 16.5. The summed E-state index contributed by atoms with van der Waals surface area (Å²) in [4.78, 5) is 11.3. The minimum absolute atomic E-state index is 0.737. The summed E-state index contributed by atoms with van der Waals surface area (Å²) >= 11 is 0. The van der Waals surface area contributed by atoms with Crippen LogP contribution in [0.3, 0.4) is 0 Å². The Balaban J connectivity index is 1.48. The van der Waals surface area contributed by atoms with Gasteiger partial charge >= 0.3 is 0 Å². The molecule has 0 saturated carbocycles. The Morgan fingerprint density at radius 3 is 2.66 bits per heavy atom. The summed E-state index contributed by atoms with van der Waals surface area (Å²) in [7, 11) is 0. The van der Waals surface area contributed by atoms with Gasteiger partial charge in [0.25, 0.3) is 0 Å². The molecule has 0 aliphatic carbocycles. The first-order valence-electron chi connectivity index (χ1n) is 10.4. The van der Waals surface area contributed by atoms with Crippen molar-refractivity contribution >= 4 is 16.7 Å². The second-order valence-corrected chi connectivity index (χ2v) is 7.84. The van der Waals surface area contributed by atoms with E-state index in [2.05, 4.69) is 23.5 Å². The number of aryl methyl sites for hydroxylation is 2. The number of aromatic nitrogens is 5. The number of rotatable bonds is 5. The smallest absolute Gasteiger partial charge is 0.182 e. The summed E-state index contributed by atoms with van der Waals surface area (Å²) in [6, 6.07) is 10.1. The van der Waals surface area contributed by atoms with Gasteiger partial charge in [0.2, 0.25) is 0 Å². The zero-order chi connectivity index (χ0) is 19.8. The van der Waals surface area contributed by atoms with Crippen LogP contribution < -0.4 is 4.90 Å². The maximum absolute atomic E-state index is 5.47. The van der Waals surface area contributed by atoms with E-state index >= 15 is 0 Å². The molecule has 1 aromatic carbocycles. The van der Waals surface area contributed by atoms with Crippen LogP contribution in [0.5, 0.6) is 0 Å². The molecule has 0 spiro atoms. The van der Waals surface area contributed by atoms with Crippen LogP contribution in [0.25, 0.3) is 28.1 Å².